The largest absolute Gasteiger partial charge is 0.456 e. The highest BCUT2D eigenvalue weighted by Crippen LogP contribution is 2.45. The molecule has 0 saturated heterocycles. The molecular formula is C50H32O. The average molecular weight is 649 g/mol. The molecule has 1 heteroatoms. The van der Waals surface area contributed by atoms with Gasteiger partial charge in [-0.25, -0.2) is 0 Å². The van der Waals surface area contributed by atoms with Crippen molar-refractivity contribution in [3.8, 4) is 55.6 Å². The van der Waals surface area contributed by atoms with Gasteiger partial charge in [0.05, 0.1) is 0 Å². The van der Waals surface area contributed by atoms with Crippen molar-refractivity contribution >= 4 is 43.5 Å². The Hall–Kier alpha value is -6.70. The van der Waals surface area contributed by atoms with E-state index in [0.717, 1.165) is 27.5 Å². The first-order chi connectivity index (χ1) is 25.3. The Labute approximate surface area is 296 Å². The van der Waals surface area contributed by atoms with Gasteiger partial charge in [-0.1, -0.05) is 164 Å². The van der Waals surface area contributed by atoms with Crippen molar-refractivity contribution in [1.29, 1.82) is 0 Å². The van der Waals surface area contributed by atoms with E-state index in [1.54, 1.807) is 0 Å². The molecular weight excluding hydrogens is 617 g/mol. The fraction of sp³-hybridized carbons (Fsp3) is 0. The predicted molar refractivity (Wildman–Crippen MR) is 216 cm³/mol. The Kier molecular flexibility index (Phi) is 6.89. The van der Waals surface area contributed by atoms with Crippen molar-refractivity contribution in [2.24, 2.45) is 0 Å². The third kappa shape index (κ3) is 4.94. The van der Waals surface area contributed by atoms with E-state index in [1.165, 1.54) is 71.6 Å². The van der Waals surface area contributed by atoms with Crippen molar-refractivity contribution in [3.05, 3.63) is 194 Å². The first kappa shape index (κ1) is 29.2. The van der Waals surface area contributed by atoms with E-state index in [0.29, 0.717) is 0 Å². The third-order valence-corrected chi connectivity index (χ3v) is 10.3. The number of benzene rings is 9. The van der Waals surface area contributed by atoms with Gasteiger partial charge in [-0.2, -0.15) is 0 Å². The van der Waals surface area contributed by atoms with Gasteiger partial charge in [-0.3, -0.25) is 0 Å². The average Bonchev–Trinajstić information content (AvgIpc) is 3.58. The Morgan fingerprint density at radius 3 is 1.59 bits per heavy atom. The molecule has 0 amide bonds. The number of hydrogen-bond donors (Lipinski definition) is 0. The molecule has 10 rings (SSSR count). The Bertz CT molecular complexity index is 2900. The van der Waals surface area contributed by atoms with E-state index in [-0.39, 0.29) is 0 Å². The van der Waals surface area contributed by atoms with Gasteiger partial charge in [0.15, 0.2) is 0 Å². The van der Waals surface area contributed by atoms with Crippen LogP contribution in [-0.4, -0.2) is 0 Å². The summed E-state index contributed by atoms with van der Waals surface area (Å²) in [4.78, 5) is 0. The fourth-order valence-corrected chi connectivity index (χ4v) is 7.93. The first-order valence-electron chi connectivity index (χ1n) is 17.5. The number of para-hydroxylation sites is 1. The van der Waals surface area contributed by atoms with Crippen molar-refractivity contribution in [3.63, 3.8) is 0 Å². The summed E-state index contributed by atoms with van der Waals surface area (Å²) in [6, 6.07) is 70.0. The topological polar surface area (TPSA) is 13.1 Å². The third-order valence-electron chi connectivity index (χ3n) is 10.3. The molecule has 0 aliphatic heterocycles. The van der Waals surface area contributed by atoms with Crippen LogP contribution < -0.4 is 0 Å². The maximum absolute atomic E-state index is 6.44. The minimum absolute atomic E-state index is 0.899. The molecule has 0 fully saturated rings. The molecule has 10 aromatic rings. The second-order valence-corrected chi connectivity index (χ2v) is 13.2. The van der Waals surface area contributed by atoms with Gasteiger partial charge < -0.3 is 4.42 Å². The van der Waals surface area contributed by atoms with E-state index in [1.807, 2.05) is 6.07 Å². The molecule has 0 bridgehead atoms. The molecule has 238 valence electrons. The van der Waals surface area contributed by atoms with Crippen LogP contribution in [0.5, 0.6) is 0 Å². The molecule has 9 aromatic carbocycles. The molecule has 0 atom stereocenters. The van der Waals surface area contributed by atoms with Crippen LogP contribution in [0.25, 0.3) is 99.1 Å². The molecule has 1 nitrogen and oxygen atoms in total. The Morgan fingerprint density at radius 1 is 0.235 bits per heavy atom. The van der Waals surface area contributed by atoms with Gasteiger partial charge in [0, 0.05) is 10.8 Å². The summed E-state index contributed by atoms with van der Waals surface area (Å²) in [7, 11) is 0. The smallest absolute Gasteiger partial charge is 0.136 e. The molecule has 0 N–H and O–H groups in total. The number of rotatable bonds is 5. The standard InChI is InChI=1S/C50H32O/c1-3-14-33(15-4-1)35-18-11-19-36(30-35)39-23-12-25-44-46(39)32-47-41(40-21-8-7-20-38(40)34-16-5-2-6-17-34)24-13-26-45(47)50(44)37-28-29-43-42-22-9-10-27-48(42)51-49(43)31-37/h1-32H. The summed E-state index contributed by atoms with van der Waals surface area (Å²) < 4.78 is 6.44. The first-order valence-corrected chi connectivity index (χ1v) is 17.5. The number of fused-ring (bicyclic) bond motifs is 5. The minimum Gasteiger partial charge on any atom is -0.456 e. The lowest BCUT2D eigenvalue weighted by atomic mass is 9.85. The SMILES string of the molecule is c1ccc(-c2cccc(-c3cccc4c(-c5ccc6c(c5)oc5ccccc56)c5cccc(-c6ccccc6-c6ccccc6)c5cc34)c2)cc1. The van der Waals surface area contributed by atoms with E-state index >= 15 is 0 Å². The Balaban J connectivity index is 1.29. The molecule has 0 unspecified atom stereocenters. The lowest BCUT2D eigenvalue weighted by molar-refractivity contribution is 0.669. The highest BCUT2D eigenvalue weighted by molar-refractivity contribution is 6.20. The molecule has 0 radical (unpaired) electrons. The van der Waals surface area contributed by atoms with Crippen LogP contribution in [0.3, 0.4) is 0 Å². The Morgan fingerprint density at radius 2 is 0.784 bits per heavy atom. The summed E-state index contributed by atoms with van der Waals surface area (Å²) in [5.41, 5.74) is 13.9. The summed E-state index contributed by atoms with van der Waals surface area (Å²) in [6.45, 7) is 0. The molecule has 0 saturated carbocycles. The maximum atomic E-state index is 6.44. The summed E-state index contributed by atoms with van der Waals surface area (Å²) >= 11 is 0. The van der Waals surface area contributed by atoms with Gasteiger partial charge >= 0.3 is 0 Å². The quantitative estimate of drug-likeness (QED) is 0.169. The maximum Gasteiger partial charge on any atom is 0.136 e. The second-order valence-electron chi connectivity index (χ2n) is 13.2. The van der Waals surface area contributed by atoms with Gasteiger partial charge in [0.1, 0.15) is 11.2 Å². The van der Waals surface area contributed by atoms with Crippen molar-refractivity contribution < 1.29 is 4.42 Å². The van der Waals surface area contributed by atoms with Crippen molar-refractivity contribution in [1.82, 2.24) is 0 Å². The number of furan rings is 1. The molecule has 0 aliphatic rings. The van der Waals surface area contributed by atoms with Crippen LogP contribution in [0, 0.1) is 0 Å². The van der Waals surface area contributed by atoms with Gasteiger partial charge in [0.25, 0.3) is 0 Å². The zero-order chi connectivity index (χ0) is 33.7. The van der Waals surface area contributed by atoms with Crippen LogP contribution in [0.2, 0.25) is 0 Å². The van der Waals surface area contributed by atoms with Crippen LogP contribution >= 0.6 is 0 Å². The van der Waals surface area contributed by atoms with Crippen LogP contribution in [-0.2, 0) is 0 Å². The van der Waals surface area contributed by atoms with E-state index in [4.69, 9.17) is 4.42 Å². The molecule has 0 aliphatic carbocycles. The molecule has 1 heterocycles. The van der Waals surface area contributed by atoms with Crippen molar-refractivity contribution in [2.75, 3.05) is 0 Å². The number of hydrogen-bond acceptors (Lipinski definition) is 1. The van der Waals surface area contributed by atoms with E-state index in [2.05, 4.69) is 188 Å². The highest BCUT2D eigenvalue weighted by Gasteiger charge is 2.19. The summed E-state index contributed by atoms with van der Waals surface area (Å²) in [5, 5.41) is 7.15. The summed E-state index contributed by atoms with van der Waals surface area (Å²) in [5.74, 6) is 0. The zero-order valence-electron chi connectivity index (χ0n) is 27.9. The van der Waals surface area contributed by atoms with Crippen LogP contribution in [0.1, 0.15) is 0 Å². The van der Waals surface area contributed by atoms with Gasteiger partial charge in [-0.15, -0.1) is 0 Å². The monoisotopic (exact) mass is 648 g/mol. The van der Waals surface area contributed by atoms with Gasteiger partial charge in [-0.05, 0) is 108 Å². The minimum atomic E-state index is 0.899. The van der Waals surface area contributed by atoms with Crippen LogP contribution in [0.15, 0.2) is 199 Å². The van der Waals surface area contributed by atoms with E-state index < -0.39 is 0 Å². The lowest BCUT2D eigenvalue weighted by Crippen LogP contribution is -1.92. The van der Waals surface area contributed by atoms with Gasteiger partial charge in [0.2, 0.25) is 0 Å². The van der Waals surface area contributed by atoms with Crippen molar-refractivity contribution in [2.45, 2.75) is 0 Å². The molecule has 1 aromatic heterocycles. The highest BCUT2D eigenvalue weighted by atomic mass is 16.3. The van der Waals surface area contributed by atoms with E-state index in [9.17, 15) is 0 Å². The molecule has 0 spiro atoms. The fourth-order valence-electron chi connectivity index (χ4n) is 7.93. The normalized spacial score (nSPS) is 11.5. The summed E-state index contributed by atoms with van der Waals surface area (Å²) in [6.07, 6.45) is 0. The lowest BCUT2D eigenvalue weighted by Gasteiger charge is -2.19. The second kappa shape index (κ2) is 12.0. The molecule has 51 heavy (non-hydrogen) atoms. The zero-order valence-corrected chi connectivity index (χ0v) is 27.9. The van der Waals surface area contributed by atoms with Crippen LogP contribution in [0.4, 0.5) is 0 Å². The predicted octanol–water partition coefficient (Wildman–Crippen LogP) is 14.2.